The van der Waals surface area contributed by atoms with E-state index in [0.717, 1.165) is 18.5 Å². The molecule has 0 aromatic carbocycles. The molecule has 4 nitrogen and oxygen atoms in total. The minimum absolute atomic E-state index is 0.183. The summed E-state index contributed by atoms with van der Waals surface area (Å²) in [6.45, 7) is 15.6. The van der Waals surface area contributed by atoms with E-state index in [0.29, 0.717) is 18.4 Å². The Balaban J connectivity index is 2.66. The molecule has 4 heteroatoms. The van der Waals surface area contributed by atoms with Gasteiger partial charge in [0.2, 0.25) is 0 Å². The predicted molar refractivity (Wildman–Crippen MR) is 91.7 cm³/mol. The summed E-state index contributed by atoms with van der Waals surface area (Å²) in [4.78, 5) is 0. The van der Waals surface area contributed by atoms with Crippen LogP contribution in [0.25, 0.3) is 0 Å². The lowest BCUT2D eigenvalue weighted by atomic mass is 9.74. The lowest BCUT2D eigenvalue weighted by Gasteiger charge is -2.39. The van der Waals surface area contributed by atoms with Gasteiger partial charge in [-0.3, -0.25) is 0 Å². The van der Waals surface area contributed by atoms with E-state index < -0.39 is 5.60 Å². The van der Waals surface area contributed by atoms with Gasteiger partial charge in [0.05, 0.1) is 24.0 Å². The highest BCUT2D eigenvalue weighted by Crippen LogP contribution is 2.34. The van der Waals surface area contributed by atoms with Gasteiger partial charge in [0.1, 0.15) is 0 Å². The van der Waals surface area contributed by atoms with Gasteiger partial charge in [-0.25, -0.2) is 4.68 Å². The molecule has 0 fully saturated rings. The Morgan fingerprint density at radius 2 is 1.73 bits per heavy atom. The number of aromatic nitrogens is 3. The SMILES string of the molecule is CC[C@@](O)(Cn1nncc1CCCCC(C)(C)C)C(C)(C)C. The Kier molecular flexibility index (Phi) is 6.19. The largest absolute Gasteiger partial charge is 0.387 e. The molecule has 22 heavy (non-hydrogen) atoms. The third-order valence-corrected chi connectivity index (χ3v) is 4.70. The summed E-state index contributed by atoms with van der Waals surface area (Å²) >= 11 is 0. The van der Waals surface area contributed by atoms with Crippen molar-refractivity contribution in [1.29, 1.82) is 0 Å². The molecule has 1 heterocycles. The first-order chi connectivity index (χ1) is 9.98. The van der Waals surface area contributed by atoms with Crippen molar-refractivity contribution < 1.29 is 5.11 Å². The minimum Gasteiger partial charge on any atom is -0.387 e. The molecule has 0 saturated carbocycles. The highest BCUT2D eigenvalue weighted by molar-refractivity contribution is 4.98. The summed E-state index contributed by atoms with van der Waals surface area (Å²) in [5, 5.41) is 19.2. The lowest BCUT2D eigenvalue weighted by molar-refractivity contribution is -0.0770. The second-order valence-electron chi connectivity index (χ2n) is 8.79. The Labute approximate surface area is 136 Å². The first-order valence-corrected chi connectivity index (χ1v) is 8.58. The Morgan fingerprint density at radius 1 is 1.09 bits per heavy atom. The Hall–Kier alpha value is -0.900. The molecule has 0 saturated heterocycles. The van der Waals surface area contributed by atoms with Gasteiger partial charge in [-0.2, -0.15) is 0 Å². The molecule has 0 radical (unpaired) electrons. The van der Waals surface area contributed by atoms with Crippen LogP contribution in [0.1, 0.15) is 79.8 Å². The van der Waals surface area contributed by atoms with E-state index in [1.165, 1.54) is 12.8 Å². The molecule has 0 aliphatic carbocycles. The van der Waals surface area contributed by atoms with Gasteiger partial charge in [-0.1, -0.05) is 60.1 Å². The molecule has 1 N–H and O–H groups in total. The predicted octanol–water partition coefficient (Wildman–Crippen LogP) is 4.22. The van der Waals surface area contributed by atoms with Crippen LogP contribution in [-0.2, 0) is 13.0 Å². The van der Waals surface area contributed by atoms with E-state index in [2.05, 4.69) is 51.9 Å². The Morgan fingerprint density at radius 3 is 2.23 bits per heavy atom. The molecular formula is C18H35N3O. The first kappa shape index (κ1) is 19.1. The third-order valence-electron chi connectivity index (χ3n) is 4.70. The van der Waals surface area contributed by atoms with Gasteiger partial charge in [0, 0.05) is 0 Å². The third kappa shape index (κ3) is 5.38. The number of hydrogen-bond donors (Lipinski definition) is 1. The van der Waals surface area contributed by atoms with Crippen LogP contribution in [0.4, 0.5) is 0 Å². The van der Waals surface area contributed by atoms with Gasteiger partial charge < -0.3 is 5.11 Å². The van der Waals surface area contributed by atoms with Gasteiger partial charge >= 0.3 is 0 Å². The van der Waals surface area contributed by atoms with Gasteiger partial charge in [-0.05, 0) is 36.5 Å². The lowest BCUT2D eigenvalue weighted by Crippen LogP contribution is -2.46. The van der Waals surface area contributed by atoms with Crippen LogP contribution < -0.4 is 0 Å². The van der Waals surface area contributed by atoms with Crippen molar-refractivity contribution in [2.24, 2.45) is 10.8 Å². The number of nitrogens with zero attached hydrogens (tertiary/aromatic N) is 3. The van der Waals surface area contributed by atoms with Crippen molar-refractivity contribution in [2.75, 3.05) is 0 Å². The zero-order chi connectivity index (χ0) is 17.0. The number of aryl methyl sites for hydroxylation is 1. The average molecular weight is 309 g/mol. The first-order valence-electron chi connectivity index (χ1n) is 8.58. The van der Waals surface area contributed by atoms with Crippen LogP contribution in [0.5, 0.6) is 0 Å². The maximum atomic E-state index is 10.9. The summed E-state index contributed by atoms with van der Waals surface area (Å²) in [6, 6.07) is 0. The molecule has 1 atom stereocenters. The van der Waals surface area contributed by atoms with Gasteiger partial charge in [0.25, 0.3) is 0 Å². The topological polar surface area (TPSA) is 50.9 Å². The zero-order valence-corrected chi connectivity index (χ0v) is 15.6. The molecule has 1 aromatic heterocycles. The fourth-order valence-electron chi connectivity index (χ4n) is 2.69. The molecule has 0 aliphatic heterocycles. The zero-order valence-electron chi connectivity index (χ0n) is 15.6. The van der Waals surface area contributed by atoms with Crippen LogP contribution in [0.15, 0.2) is 6.20 Å². The fourth-order valence-corrected chi connectivity index (χ4v) is 2.69. The standard InChI is InChI=1S/C18H35N3O/c1-8-18(22,17(5,6)7)14-21-15(13-19-20-21)11-9-10-12-16(2,3)4/h13,22H,8-12,14H2,1-7H3/t18-/m1/s1. The molecule has 1 aromatic rings. The van der Waals surface area contributed by atoms with E-state index >= 15 is 0 Å². The summed E-state index contributed by atoms with van der Waals surface area (Å²) in [5.74, 6) is 0. The second-order valence-corrected chi connectivity index (χ2v) is 8.79. The summed E-state index contributed by atoms with van der Waals surface area (Å²) < 4.78 is 1.89. The molecular weight excluding hydrogens is 274 g/mol. The smallest absolute Gasteiger partial charge is 0.0888 e. The van der Waals surface area contributed by atoms with Gasteiger partial charge in [0.15, 0.2) is 0 Å². The molecule has 128 valence electrons. The minimum atomic E-state index is -0.763. The van der Waals surface area contributed by atoms with Crippen LogP contribution in [0, 0.1) is 10.8 Å². The van der Waals surface area contributed by atoms with E-state index in [9.17, 15) is 5.11 Å². The molecule has 0 unspecified atom stereocenters. The summed E-state index contributed by atoms with van der Waals surface area (Å²) in [6.07, 6.45) is 7.12. The maximum Gasteiger partial charge on any atom is 0.0888 e. The van der Waals surface area contributed by atoms with Crippen molar-refractivity contribution in [1.82, 2.24) is 15.0 Å². The molecule has 0 spiro atoms. The van der Waals surface area contributed by atoms with Crippen molar-refractivity contribution in [2.45, 2.75) is 92.7 Å². The van der Waals surface area contributed by atoms with E-state index in [1.54, 1.807) is 0 Å². The van der Waals surface area contributed by atoms with Crippen molar-refractivity contribution in [3.63, 3.8) is 0 Å². The summed E-state index contributed by atoms with van der Waals surface area (Å²) in [7, 11) is 0. The molecule has 1 rings (SSSR count). The number of aliphatic hydroxyl groups is 1. The number of hydrogen-bond acceptors (Lipinski definition) is 3. The maximum absolute atomic E-state index is 10.9. The van der Waals surface area contributed by atoms with Gasteiger partial charge in [-0.15, -0.1) is 5.10 Å². The van der Waals surface area contributed by atoms with Crippen LogP contribution in [0.2, 0.25) is 0 Å². The fraction of sp³-hybridized carbons (Fsp3) is 0.889. The molecule has 0 aliphatic rings. The van der Waals surface area contributed by atoms with Crippen molar-refractivity contribution in [3.8, 4) is 0 Å². The average Bonchev–Trinajstić information content (AvgIpc) is 2.79. The molecule has 0 amide bonds. The highest BCUT2D eigenvalue weighted by Gasteiger charge is 2.39. The quantitative estimate of drug-likeness (QED) is 0.767. The Bertz CT molecular complexity index is 454. The second kappa shape index (κ2) is 7.12. The van der Waals surface area contributed by atoms with Crippen LogP contribution >= 0.6 is 0 Å². The van der Waals surface area contributed by atoms with E-state index in [1.807, 2.05) is 17.8 Å². The monoisotopic (exact) mass is 309 g/mol. The normalized spacial score (nSPS) is 15.8. The highest BCUT2D eigenvalue weighted by atomic mass is 16.3. The van der Waals surface area contributed by atoms with Crippen molar-refractivity contribution >= 4 is 0 Å². The van der Waals surface area contributed by atoms with Crippen LogP contribution in [-0.4, -0.2) is 25.7 Å². The van der Waals surface area contributed by atoms with E-state index in [-0.39, 0.29) is 5.41 Å². The van der Waals surface area contributed by atoms with Crippen molar-refractivity contribution in [3.05, 3.63) is 11.9 Å². The summed E-state index contributed by atoms with van der Waals surface area (Å²) in [5.41, 5.74) is 0.579. The number of unbranched alkanes of at least 4 members (excludes halogenated alkanes) is 1. The number of rotatable bonds is 7. The van der Waals surface area contributed by atoms with E-state index in [4.69, 9.17) is 0 Å². The van der Waals surface area contributed by atoms with Crippen LogP contribution in [0.3, 0.4) is 0 Å². The molecule has 0 bridgehead atoms.